The number of rotatable bonds is 4. The maximum Gasteiger partial charge on any atom is 0.340 e. The topological polar surface area (TPSA) is 75.5 Å². The SMILES string of the molecule is CC(C)n1ncc2cc(C(=O)OCc3cc(Cl)c4c(c3)OCCO4)cnc21. The van der Waals surface area contributed by atoms with Crippen LogP contribution in [-0.4, -0.2) is 33.9 Å². The monoisotopic (exact) mass is 387 g/mol. The standard InChI is InChI=1S/C19H18ClN3O4/c1-11(2)23-18-13(9-22-23)7-14(8-21-18)19(24)27-10-12-5-15(20)17-16(6-12)25-3-4-26-17/h5-9,11H,3-4,10H2,1-2H3. The first kappa shape index (κ1) is 17.6. The van der Waals surface area contributed by atoms with Crippen LogP contribution in [0.25, 0.3) is 11.0 Å². The number of nitrogens with zero attached hydrogens (tertiary/aromatic N) is 3. The molecule has 27 heavy (non-hydrogen) atoms. The Morgan fingerprint density at radius 3 is 2.89 bits per heavy atom. The minimum Gasteiger partial charge on any atom is -0.486 e. The van der Waals surface area contributed by atoms with Crippen molar-refractivity contribution in [3.05, 3.63) is 46.7 Å². The lowest BCUT2D eigenvalue weighted by Gasteiger charge is -2.20. The normalized spacial score (nSPS) is 13.2. The van der Waals surface area contributed by atoms with Gasteiger partial charge in [0.05, 0.1) is 16.8 Å². The van der Waals surface area contributed by atoms with Gasteiger partial charge in [-0.05, 0) is 37.6 Å². The van der Waals surface area contributed by atoms with Gasteiger partial charge in [0.1, 0.15) is 19.8 Å². The Morgan fingerprint density at radius 1 is 1.26 bits per heavy atom. The molecule has 1 aliphatic rings. The minimum atomic E-state index is -0.465. The summed E-state index contributed by atoms with van der Waals surface area (Å²) in [6.45, 7) is 5.04. The van der Waals surface area contributed by atoms with Crippen LogP contribution in [-0.2, 0) is 11.3 Å². The molecule has 0 N–H and O–H groups in total. The summed E-state index contributed by atoms with van der Waals surface area (Å²) in [5, 5.41) is 5.53. The minimum absolute atomic E-state index is 0.0679. The van der Waals surface area contributed by atoms with Crippen molar-refractivity contribution in [1.82, 2.24) is 14.8 Å². The molecule has 7 nitrogen and oxygen atoms in total. The molecule has 0 saturated heterocycles. The molecule has 0 bridgehead atoms. The van der Waals surface area contributed by atoms with E-state index in [-0.39, 0.29) is 12.6 Å². The van der Waals surface area contributed by atoms with Crippen molar-refractivity contribution in [1.29, 1.82) is 0 Å². The lowest BCUT2D eigenvalue weighted by atomic mass is 10.2. The van der Waals surface area contributed by atoms with Gasteiger partial charge in [-0.2, -0.15) is 5.10 Å². The fourth-order valence-electron chi connectivity index (χ4n) is 2.91. The second kappa shape index (κ2) is 7.08. The Kier molecular flexibility index (Phi) is 4.61. The van der Waals surface area contributed by atoms with E-state index >= 15 is 0 Å². The molecule has 0 saturated carbocycles. The van der Waals surface area contributed by atoms with Gasteiger partial charge in [0, 0.05) is 17.6 Å². The molecule has 0 atom stereocenters. The van der Waals surface area contributed by atoms with E-state index in [1.54, 1.807) is 24.4 Å². The van der Waals surface area contributed by atoms with Gasteiger partial charge in [-0.25, -0.2) is 14.5 Å². The van der Waals surface area contributed by atoms with Gasteiger partial charge in [0.15, 0.2) is 17.1 Å². The Hall–Kier alpha value is -2.80. The predicted molar refractivity (Wildman–Crippen MR) is 99.5 cm³/mol. The highest BCUT2D eigenvalue weighted by molar-refractivity contribution is 6.32. The van der Waals surface area contributed by atoms with Gasteiger partial charge >= 0.3 is 5.97 Å². The number of halogens is 1. The molecule has 1 aromatic carbocycles. The maximum absolute atomic E-state index is 12.4. The second-order valence-corrected chi connectivity index (χ2v) is 6.90. The molecule has 0 fully saturated rings. The van der Waals surface area contributed by atoms with Gasteiger partial charge in [-0.1, -0.05) is 11.6 Å². The van der Waals surface area contributed by atoms with E-state index in [4.69, 9.17) is 25.8 Å². The van der Waals surface area contributed by atoms with Crippen molar-refractivity contribution in [2.75, 3.05) is 13.2 Å². The fourth-order valence-corrected chi connectivity index (χ4v) is 3.20. The molecule has 0 radical (unpaired) electrons. The Labute approximate surface area is 160 Å². The van der Waals surface area contributed by atoms with Crippen LogP contribution in [0.3, 0.4) is 0 Å². The number of benzene rings is 1. The number of esters is 1. The Morgan fingerprint density at radius 2 is 2.07 bits per heavy atom. The first-order chi connectivity index (χ1) is 13.0. The van der Waals surface area contributed by atoms with Crippen LogP contribution in [0.4, 0.5) is 0 Å². The van der Waals surface area contributed by atoms with E-state index in [0.717, 1.165) is 16.6 Å². The number of carbonyl (C=O) groups excluding carboxylic acids is 1. The summed E-state index contributed by atoms with van der Waals surface area (Å²) in [5.41, 5.74) is 1.83. The molecular weight excluding hydrogens is 370 g/mol. The predicted octanol–water partition coefficient (Wildman–Crippen LogP) is 3.79. The average molecular weight is 388 g/mol. The molecule has 0 aliphatic carbocycles. The third kappa shape index (κ3) is 3.42. The van der Waals surface area contributed by atoms with Crippen molar-refractivity contribution in [2.45, 2.75) is 26.5 Å². The summed E-state index contributed by atoms with van der Waals surface area (Å²) < 4.78 is 18.2. The molecule has 4 rings (SSSR count). The van der Waals surface area contributed by atoms with Crippen molar-refractivity contribution >= 4 is 28.6 Å². The van der Waals surface area contributed by atoms with Crippen LogP contribution < -0.4 is 9.47 Å². The van der Waals surface area contributed by atoms with Gasteiger partial charge in [-0.3, -0.25) is 0 Å². The average Bonchev–Trinajstić information content (AvgIpc) is 3.09. The van der Waals surface area contributed by atoms with Gasteiger partial charge < -0.3 is 14.2 Å². The van der Waals surface area contributed by atoms with E-state index in [9.17, 15) is 4.79 Å². The highest BCUT2D eigenvalue weighted by Gasteiger charge is 2.18. The van der Waals surface area contributed by atoms with Gasteiger partial charge in [-0.15, -0.1) is 0 Å². The number of hydrogen-bond acceptors (Lipinski definition) is 6. The molecule has 0 spiro atoms. The smallest absolute Gasteiger partial charge is 0.340 e. The Bertz CT molecular complexity index is 1020. The summed E-state index contributed by atoms with van der Waals surface area (Å²) in [5.74, 6) is 0.617. The summed E-state index contributed by atoms with van der Waals surface area (Å²) in [6, 6.07) is 5.39. The number of fused-ring (bicyclic) bond motifs is 2. The van der Waals surface area contributed by atoms with E-state index < -0.39 is 5.97 Å². The van der Waals surface area contributed by atoms with E-state index in [1.807, 2.05) is 18.5 Å². The van der Waals surface area contributed by atoms with Gasteiger partial charge in [0.2, 0.25) is 0 Å². The lowest BCUT2D eigenvalue weighted by Crippen LogP contribution is -2.16. The van der Waals surface area contributed by atoms with Crippen molar-refractivity contribution < 1.29 is 19.0 Å². The molecule has 3 heterocycles. The van der Waals surface area contributed by atoms with E-state index in [0.29, 0.717) is 35.3 Å². The Balaban J connectivity index is 1.50. The first-order valence-electron chi connectivity index (χ1n) is 8.61. The van der Waals surface area contributed by atoms with Crippen LogP contribution in [0.2, 0.25) is 5.02 Å². The number of aromatic nitrogens is 3. The third-order valence-corrected chi connectivity index (χ3v) is 4.47. The highest BCUT2D eigenvalue weighted by Crippen LogP contribution is 2.38. The number of pyridine rings is 1. The number of carbonyl (C=O) groups is 1. The quantitative estimate of drug-likeness (QED) is 0.634. The van der Waals surface area contributed by atoms with E-state index in [1.165, 1.54) is 6.20 Å². The number of ether oxygens (including phenoxy) is 3. The zero-order valence-corrected chi connectivity index (χ0v) is 15.7. The van der Waals surface area contributed by atoms with Crippen LogP contribution >= 0.6 is 11.6 Å². The highest BCUT2D eigenvalue weighted by atomic mass is 35.5. The van der Waals surface area contributed by atoms with Gasteiger partial charge in [0.25, 0.3) is 0 Å². The summed E-state index contributed by atoms with van der Waals surface area (Å²) in [7, 11) is 0. The molecule has 140 valence electrons. The van der Waals surface area contributed by atoms with E-state index in [2.05, 4.69) is 10.1 Å². The van der Waals surface area contributed by atoms with Crippen molar-refractivity contribution in [3.63, 3.8) is 0 Å². The lowest BCUT2D eigenvalue weighted by molar-refractivity contribution is 0.0471. The number of hydrogen-bond donors (Lipinski definition) is 0. The maximum atomic E-state index is 12.4. The fraction of sp³-hybridized carbons (Fsp3) is 0.316. The first-order valence-corrected chi connectivity index (χ1v) is 8.99. The summed E-state index contributed by atoms with van der Waals surface area (Å²) in [4.78, 5) is 16.7. The van der Waals surface area contributed by atoms with Crippen LogP contribution in [0.5, 0.6) is 11.5 Å². The molecule has 1 aliphatic heterocycles. The van der Waals surface area contributed by atoms with Crippen LogP contribution in [0.1, 0.15) is 35.8 Å². The van der Waals surface area contributed by atoms with Crippen molar-refractivity contribution in [2.24, 2.45) is 0 Å². The van der Waals surface area contributed by atoms with Crippen LogP contribution in [0.15, 0.2) is 30.6 Å². The molecule has 3 aromatic rings. The zero-order valence-electron chi connectivity index (χ0n) is 14.9. The molecule has 0 unspecified atom stereocenters. The third-order valence-electron chi connectivity index (χ3n) is 4.18. The molecule has 0 amide bonds. The van der Waals surface area contributed by atoms with Crippen molar-refractivity contribution in [3.8, 4) is 11.5 Å². The zero-order chi connectivity index (χ0) is 19.0. The summed E-state index contributed by atoms with van der Waals surface area (Å²) in [6.07, 6.45) is 3.20. The van der Waals surface area contributed by atoms with Crippen LogP contribution in [0, 0.1) is 0 Å². The molecular formula is C19H18ClN3O4. The second-order valence-electron chi connectivity index (χ2n) is 6.50. The molecule has 8 heteroatoms. The largest absolute Gasteiger partial charge is 0.486 e. The summed E-state index contributed by atoms with van der Waals surface area (Å²) >= 11 is 6.21. The molecule has 2 aromatic heterocycles.